The van der Waals surface area contributed by atoms with Crippen molar-refractivity contribution in [1.82, 2.24) is 5.32 Å². The summed E-state index contributed by atoms with van der Waals surface area (Å²) in [4.78, 5) is 0. The van der Waals surface area contributed by atoms with Crippen LogP contribution in [0.4, 0.5) is 0 Å². The predicted octanol–water partition coefficient (Wildman–Crippen LogP) is 2.14. The van der Waals surface area contributed by atoms with Gasteiger partial charge < -0.3 is 10.1 Å². The Morgan fingerprint density at radius 3 is 2.86 bits per heavy atom. The molecule has 1 aliphatic heterocycles. The lowest BCUT2D eigenvalue weighted by molar-refractivity contribution is -0.0623. The lowest BCUT2D eigenvalue weighted by atomic mass is 9.86. The summed E-state index contributed by atoms with van der Waals surface area (Å²) in [5.41, 5.74) is 0.0386. The van der Waals surface area contributed by atoms with Gasteiger partial charge in [-0.3, -0.25) is 0 Å². The molecular formula is C11H23NOS. The number of hydrogen-bond donors (Lipinski definition) is 1. The fourth-order valence-corrected chi connectivity index (χ4v) is 3.56. The number of nitrogens with one attached hydrogen (secondary N) is 1. The van der Waals surface area contributed by atoms with Crippen LogP contribution in [0.1, 0.15) is 26.7 Å². The van der Waals surface area contributed by atoms with E-state index in [1.54, 1.807) is 0 Å². The third-order valence-electron chi connectivity index (χ3n) is 3.03. The standard InChI is InChI=1S/C11H23NOS/c1-4-13-11(2,9-12-3)10-6-5-7-14-8-10/h10,12H,4-9H2,1-3H3. The van der Waals surface area contributed by atoms with Crippen molar-refractivity contribution in [2.75, 3.05) is 31.7 Å². The van der Waals surface area contributed by atoms with E-state index >= 15 is 0 Å². The van der Waals surface area contributed by atoms with Crippen molar-refractivity contribution in [3.63, 3.8) is 0 Å². The van der Waals surface area contributed by atoms with Crippen LogP contribution in [0.2, 0.25) is 0 Å². The summed E-state index contributed by atoms with van der Waals surface area (Å²) in [6.45, 7) is 6.12. The van der Waals surface area contributed by atoms with Gasteiger partial charge in [0.2, 0.25) is 0 Å². The first kappa shape index (κ1) is 12.3. The molecule has 2 nitrogen and oxygen atoms in total. The highest BCUT2D eigenvalue weighted by Gasteiger charge is 2.35. The van der Waals surface area contributed by atoms with E-state index in [2.05, 4.69) is 30.9 Å². The summed E-state index contributed by atoms with van der Waals surface area (Å²) in [6.07, 6.45) is 2.67. The average Bonchev–Trinajstić information content (AvgIpc) is 2.20. The van der Waals surface area contributed by atoms with Crippen LogP contribution in [-0.2, 0) is 4.74 Å². The third kappa shape index (κ3) is 3.14. The smallest absolute Gasteiger partial charge is 0.0813 e. The molecule has 84 valence electrons. The van der Waals surface area contributed by atoms with Gasteiger partial charge in [0.15, 0.2) is 0 Å². The van der Waals surface area contributed by atoms with Gasteiger partial charge in [0.1, 0.15) is 0 Å². The molecule has 1 rings (SSSR count). The number of rotatable bonds is 5. The highest BCUT2D eigenvalue weighted by molar-refractivity contribution is 7.99. The minimum atomic E-state index is 0.0386. The Morgan fingerprint density at radius 2 is 2.36 bits per heavy atom. The number of hydrogen-bond acceptors (Lipinski definition) is 3. The molecular weight excluding hydrogens is 194 g/mol. The molecule has 1 heterocycles. The maximum absolute atomic E-state index is 5.93. The van der Waals surface area contributed by atoms with E-state index < -0.39 is 0 Å². The van der Waals surface area contributed by atoms with Crippen LogP contribution < -0.4 is 5.32 Å². The zero-order chi connectivity index (χ0) is 10.4. The molecule has 0 bridgehead atoms. The molecule has 14 heavy (non-hydrogen) atoms. The second-order valence-corrected chi connectivity index (χ2v) is 5.34. The van der Waals surface area contributed by atoms with Gasteiger partial charge in [0.25, 0.3) is 0 Å². The van der Waals surface area contributed by atoms with E-state index in [4.69, 9.17) is 4.74 Å². The first-order chi connectivity index (χ1) is 6.73. The largest absolute Gasteiger partial charge is 0.374 e. The van der Waals surface area contributed by atoms with E-state index in [1.165, 1.54) is 24.3 Å². The Labute approximate surface area is 92.2 Å². The molecule has 0 spiro atoms. The summed E-state index contributed by atoms with van der Waals surface area (Å²) in [7, 11) is 2.01. The summed E-state index contributed by atoms with van der Waals surface area (Å²) in [5.74, 6) is 3.31. The summed E-state index contributed by atoms with van der Waals surface area (Å²) >= 11 is 2.07. The quantitative estimate of drug-likeness (QED) is 0.762. The van der Waals surface area contributed by atoms with Crippen molar-refractivity contribution < 1.29 is 4.74 Å². The van der Waals surface area contributed by atoms with Crippen molar-refractivity contribution in [1.29, 1.82) is 0 Å². The second kappa shape index (κ2) is 5.99. The third-order valence-corrected chi connectivity index (χ3v) is 4.24. The van der Waals surface area contributed by atoms with Crippen molar-refractivity contribution in [2.45, 2.75) is 32.3 Å². The molecule has 1 saturated heterocycles. The number of ether oxygens (including phenoxy) is 1. The van der Waals surface area contributed by atoms with E-state index in [0.717, 1.165) is 13.2 Å². The molecule has 3 heteroatoms. The molecule has 0 radical (unpaired) electrons. The summed E-state index contributed by atoms with van der Waals surface area (Å²) in [6, 6.07) is 0. The van der Waals surface area contributed by atoms with Gasteiger partial charge in [-0.1, -0.05) is 0 Å². The van der Waals surface area contributed by atoms with Gasteiger partial charge in [-0.2, -0.15) is 11.8 Å². The molecule has 0 saturated carbocycles. The van der Waals surface area contributed by atoms with Crippen molar-refractivity contribution in [3.05, 3.63) is 0 Å². The fourth-order valence-electron chi connectivity index (χ4n) is 2.22. The lowest BCUT2D eigenvalue weighted by Gasteiger charge is -2.39. The molecule has 1 N–H and O–H groups in total. The first-order valence-corrected chi connectivity index (χ1v) is 6.74. The van der Waals surface area contributed by atoms with Crippen LogP contribution >= 0.6 is 11.8 Å². The molecule has 0 amide bonds. The van der Waals surface area contributed by atoms with Gasteiger partial charge in [0.05, 0.1) is 5.60 Å². The van der Waals surface area contributed by atoms with Crippen LogP contribution in [-0.4, -0.2) is 37.3 Å². The monoisotopic (exact) mass is 217 g/mol. The SMILES string of the molecule is CCOC(C)(CNC)C1CCCSC1. The Bertz CT molecular complexity index is 151. The minimum Gasteiger partial charge on any atom is -0.374 e. The van der Waals surface area contributed by atoms with E-state index in [0.29, 0.717) is 5.92 Å². The van der Waals surface area contributed by atoms with Gasteiger partial charge in [0, 0.05) is 13.2 Å². The molecule has 1 aliphatic rings. The highest BCUT2D eigenvalue weighted by Crippen LogP contribution is 2.33. The van der Waals surface area contributed by atoms with Crippen LogP contribution in [0.3, 0.4) is 0 Å². The zero-order valence-electron chi connectivity index (χ0n) is 9.64. The molecule has 1 fully saturated rings. The maximum Gasteiger partial charge on any atom is 0.0813 e. The van der Waals surface area contributed by atoms with E-state index in [9.17, 15) is 0 Å². The fraction of sp³-hybridized carbons (Fsp3) is 1.00. The molecule has 0 aromatic carbocycles. The molecule has 2 unspecified atom stereocenters. The van der Waals surface area contributed by atoms with Crippen LogP contribution in [0.5, 0.6) is 0 Å². The summed E-state index contributed by atoms with van der Waals surface area (Å²) in [5, 5.41) is 3.26. The molecule has 2 atom stereocenters. The van der Waals surface area contributed by atoms with Crippen molar-refractivity contribution >= 4 is 11.8 Å². The molecule has 0 aromatic rings. The number of thioether (sulfide) groups is 1. The Morgan fingerprint density at radius 1 is 1.57 bits per heavy atom. The van der Waals surface area contributed by atoms with Gasteiger partial charge in [-0.15, -0.1) is 0 Å². The summed E-state index contributed by atoms with van der Waals surface area (Å²) < 4.78 is 5.93. The normalized spacial score (nSPS) is 27.2. The van der Waals surface area contributed by atoms with Gasteiger partial charge in [-0.25, -0.2) is 0 Å². The van der Waals surface area contributed by atoms with Gasteiger partial charge >= 0.3 is 0 Å². The molecule has 0 aliphatic carbocycles. The minimum absolute atomic E-state index is 0.0386. The Kier molecular flexibility index (Phi) is 5.28. The van der Waals surface area contributed by atoms with Crippen LogP contribution in [0.25, 0.3) is 0 Å². The number of likely N-dealkylation sites (N-methyl/N-ethyl adjacent to an activating group) is 1. The lowest BCUT2D eigenvalue weighted by Crippen LogP contribution is -2.47. The van der Waals surface area contributed by atoms with Gasteiger partial charge in [-0.05, 0) is 51.2 Å². The highest BCUT2D eigenvalue weighted by atomic mass is 32.2. The van der Waals surface area contributed by atoms with Crippen LogP contribution in [0, 0.1) is 5.92 Å². The maximum atomic E-state index is 5.93. The van der Waals surface area contributed by atoms with E-state index in [1.807, 2.05) is 7.05 Å². The van der Waals surface area contributed by atoms with Crippen molar-refractivity contribution in [2.24, 2.45) is 5.92 Å². The first-order valence-electron chi connectivity index (χ1n) is 5.59. The predicted molar refractivity (Wildman–Crippen MR) is 64.0 cm³/mol. The average molecular weight is 217 g/mol. The second-order valence-electron chi connectivity index (χ2n) is 4.19. The molecule has 0 aromatic heterocycles. The van der Waals surface area contributed by atoms with E-state index in [-0.39, 0.29) is 5.60 Å². The van der Waals surface area contributed by atoms with Crippen LogP contribution in [0.15, 0.2) is 0 Å². The Hall–Kier alpha value is 0.270. The topological polar surface area (TPSA) is 21.3 Å². The Balaban J connectivity index is 2.54. The zero-order valence-corrected chi connectivity index (χ0v) is 10.5. The van der Waals surface area contributed by atoms with Crippen molar-refractivity contribution in [3.8, 4) is 0 Å².